The fourth-order valence-electron chi connectivity index (χ4n) is 4.61. The molecule has 6 nitrogen and oxygen atoms in total. The van der Waals surface area contributed by atoms with Gasteiger partial charge >= 0.3 is 12.1 Å². The van der Waals surface area contributed by atoms with Gasteiger partial charge in [0, 0.05) is 11.6 Å². The number of carbonyl (C=O) groups is 2. The van der Waals surface area contributed by atoms with Crippen molar-refractivity contribution in [2.75, 3.05) is 25.2 Å². The molecule has 194 valence electrons. The molecule has 1 aliphatic rings. The Morgan fingerprint density at radius 1 is 0.737 bits per heavy atom. The van der Waals surface area contributed by atoms with Gasteiger partial charge in [-0.25, -0.2) is 4.79 Å². The molecule has 0 saturated carbocycles. The van der Waals surface area contributed by atoms with Gasteiger partial charge in [0.05, 0.1) is 7.11 Å². The molecule has 1 aliphatic carbocycles. The number of ether oxygens (including phenoxy) is 3. The van der Waals surface area contributed by atoms with Gasteiger partial charge in [0.25, 0.3) is 0 Å². The van der Waals surface area contributed by atoms with Gasteiger partial charge in [-0.2, -0.15) is 0 Å². The summed E-state index contributed by atoms with van der Waals surface area (Å²) in [4.78, 5) is 27.4. The largest absolute Gasteiger partial charge is 0.497 e. The lowest BCUT2D eigenvalue weighted by atomic mass is 9.98. The van der Waals surface area contributed by atoms with Crippen molar-refractivity contribution in [1.82, 2.24) is 0 Å². The predicted octanol–water partition coefficient (Wildman–Crippen LogP) is 6.62. The van der Waals surface area contributed by atoms with Crippen molar-refractivity contribution in [1.29, 1.82) is 0 Å². The maximum Gasteiger partial charge on any atom is 0.414 e. The number of anilines is 1. The van der Waals surface area contributed by atoms with Crippen LogP contribution in [0.1, 0.15) is 22.6 Å². The molecule has 0 fully saturated rings. The van der Waals surface area contributed by atoms with E-state index in [1.807, 2.05) is 54.6 Å². The van der Waals surface area contributed by atoms with Gasteiger partial charge in [-0.1, -0.05) is 78.9 Å². The summed E-state index contributed by atoms with van der Waals surface area (Å²) in [5.41, 5.74) is 5.92. The Labute approximate surface area is 228 Å². The summed E-state index contributed by atoms with van der Waals surface area (Å²) in [6, 6.07) is 32.6. The van der Waals surface area contributed by atoms with Crippen molar-refractivity contribution in [3.8, 4) is 16.9 Å². The van der Waals surface area contributed by atoms with Crippen LogP contribution < -0.4 is 9.64 Å². The SMILES string of the molecule is COc1ccc(N(CC(=O)OCc2ccccc2)C(=O)OCC2c3ccccc3-c3ccccc32)cc1.Cl. The molecule has 1 amide bonds. The standard InChI is InChI=1S/C31H27NO5.ClH/c1-35-24-17-15-23(16-18-24)32(19-30(33)36-20-22-9-3-2-4-10-22)31(34)37-21-29-27-13-7-5-11-25(27)26-12-6-8-14-28(26)29;/h2-18,29H,19-21H2,1H3;1H. The number of hydrogen-bond donors (Lipinski definition) is 0. The van der Waals surface area contributed by atoms with Gasteiger partial charge in [-0.05, 0) is 52.1 Å². The summed E-state index contributed by atoms with van der Waals surface area (Å²) >= 11 is 0. The molecule has 0 unspecified atom stereocenters. The first kappa shape index (κ1) is 26.8. The zero-order valence-corrected chi connectivity index (χ0v) is 21.7. The zero-order valence-electron chi connectivity index (χ0n) is 20.9. The van der Waals surface area contributed by atoms with E-state index in [0.717, 1.165) is 27.8 Å². The lowest BCUT2D eigenvalue weighted by molar-refractivity contribution is -0.143. The molecular weight excluding hydrogens is 502 g/mol. The molecule has 5 rings (SSSR count). The number of carbonyl (C=O) groups excluding carboxylic acids is 2. The number of halogens is 1. The third kappa shape index (κ3) is 5.82. The van der Waals surface area contributed by atoms with Crippen molar-refractivity contribution in [2.24, 2.45) is 0 Å². The second-order valence-corrected chi connectivity index (χ2v) is 8.73. The highest BCUT2D eigenvalue weighted by molar-refractivity contribution is 5.93. The predicted molar refractivity (Wildman–Crippen MR) is 149 cm³/mol. The Morgan fingerprint density at radius 2 is 1.32 bits per heavy atom. The molecule has 0 radical (unpaired) electrons. The average Bonchev–Trinajstić information content (AvgIpc) is 3.28. The van der Waals surface area contributed by atoms with Gasteiger partial charge in [-0.15, -0.1) is 12.4 Å². The van der Waals surface area contributed by atoms with Crippen LogP contribution in [0.4, 0.5) is 10.5 Å². The van der Waals surface area contributed by atoms with Crippen molar-refractivity contribution in [3.05, 3.63) is 120 Å². The van der Waals surface area contributed by atoms with Crippen molar-refractivity contribution >= 4 is 30.2 Å². The average molecular weight is 530 g/mol. The van der Waals surface area contributed by atoms with Gasteiger partial charge in [0.15, 0.2) is 0 Å². The highest BCUT2D eigenvalue weighted by Gasteiger charge is 2.30. The summed E-state index contributed by atoms with van der Waals surface area (Å²) in [7, 11) is 1.57. The molecule has 0 spiro atoms. The summed E-state index contributed by atoms with van der Waals surface area (Å²) in [6.07, 6.45) is -0.622. The first-order valence-electron chi connectivity index (χ1n) is 12.1. The molecule has 7 heteroatoms. The monoisotopic (exact) mass is 529 g/mol. The van der Waals surface area contributed by atoms with Crippen LogP contribution in [0.2, 0.25) is 0 Å². The third-order valence-electron chi connectivity index (χ3n) is 6.47. The quantitative estimate of drug-likeness (QED) is 0.240. The number of nitrogens with zero attached hydrogens (tertiary/aromatic N) is 1. The number of benzene rings is 4. The Balaban J connectivity index is 0.00000336. The highest BCUT2D eigenvalue weighted by atomic mass is 35.5. The molecule has 4 aromatic carbocycles. The molecule has 0 bridgehead atoms. The van der Waals surface area contributed by atoms with E-state index in [1.165, 1.54) is 4.90 Å². The number of methoxy groups -OCH3 is 1. The van der Waals surface area contributed by atoms with Crippen LogP contribution in [0.5, 0.6) is 5.75 Å². The molecule has 38 heavy (non-hydrogen) atoms. The molecule has 0 aliphatic heterocycles. The van der Waals surface area contributed by atoms with Crippen LogP contribution >= 0.6 is 12.4 Å². The molecular formula is C31H28ClNO5. The van der Waals surface area contributed by atoms with E-state index in [9.17, 15) is 9.59 Å². The van der Waals surface area contributed by atoms with E-state index in [-0.39, 0.29) is 38.1 Å². The Kier molecular flexibility index (Phi) is 8.66. The minimum Gasteiger partial charge on any atom is -0.497 e. The molecule has 0 atom stereocenters. The highest BCUT2D eigenvalue weighted by Crippen LogP contribution is 2.44. The fraction of sp³-hybridized carbons (Fsp3) is 0.161. The van der Waals surface area contributed by atoms with Crippen molar-refractivity contribution in [2.45, 2.75) is 12.5 Å². The summed E-state index contributed by atoms with van der Waals surface area (Å²) in [5.74, 6) is 0.0233. The fourth-order valence-corrected chi connectivity index (χ4v) is 4.61. The van der Waals surface area contributed by atoms with Crippen molar-refractivity contribution < 1.29 is 23.8 Å². The van der Waals surface area contributed by atoms with Crippen LogP contribution in [0, 0.1) is 0 Å². The topological polar surface area (TPSA) is 65.1 Å². The van der Waals surface area contributed by atoms with E-state index in [1.54, 1.807) is 31.4 Å². The van der Waals surface area contributed by atoms with Gasteiger partial charge in [-0.3, -0.25) is 9.69 Å². The van der Waals surface area contributed by atoms with Crippen LogP contribution in [-0.2, 0) is 20.9 Å². The smallest absolute Gasteiger partial charge is 0.414 e. The first-order valence-corrected chi connectivity index (χ1v) is 12.1. The maximum atomic E-state index is 13.4. The number of hydrogen-bond acceptors (Lipinski definition) is 5. The Morgan fingerprint density at radius 3 is 1.92 bits per heavy atom. The molecule has 0 N–H and O–H groups in total. The summed E-state index contributed by atoms with van der Waals surface area (Å²) in [5, 5.41) is 0. The second kappa shape index (κ2) is 12.3. The molecule has 0 saturated heterocycles. The molecule has 0 aromatic heterocycles. The van der Waals surface area contributed by atoms with Crippen LogP contribution in [0.15, 0.2) is 103 Å². The Bertz CT molecular complexity index is 1350. The van der Waals surface area contributed by atoms with Gasteiger partial charge in [0.1, 0.15) is 25.5 Å². The van der Waals surface area contributed by atoms with Crippen LogP contribution in [0.3, 0.4) is 0 Å². The van der Waals surface area contributed by atoms with E-state index in [2.05, 4.69) is 24.3 Å². The van der Waals surface area contributed by atoms with E-state index >= 15 is 0 Å². The van der Waals surface area contributed by atoms with E-state index < -0.39 is 12.1 Å². The summed E-state index contributed by atoms with van der Waals surface area (Å²) in [6.45, 7) is -0.00473. The molecule has 0 heterocycles. The number of amides is 1. The van der Waals surface area contributed by atoms with Crippen LogP contribution in [0.25, 0.3) is 11.1 Å². The van der Waals surface area contributed by atoms with Gasteiger partial charge < -0.3 is 14.2 Å². The lowest BCUT2D eigenvalue weighted by Crippen LogP contribution is -2.37. The van der Waals surface area contributed by atoms with E-state index in [4.69, 9.17) is 14.2 Å². The number of rotatable bonds is 8. The van der Waals surface area contributed by atoms with E-state index in [0.29, 0.717) is 11.4 Å². The number of esters is 1. The summed E-state index contributed by atoms with van der Waals surface area (Å²) < 4.78 is 16.5. The molecule has 4 aromatic rings. The van der Waals surface area contributed by atoms with Crippen LogP contribution in [-0.4, -0.2) is 32.3 Å². The zero-order chi connectivity index (χ0) is 25.6. The maximum absolute atomic E-state index is 13.4. The minimum atomic E-state index is -0.622. The Hall–Kier alpha value is -4.29. The van der Waals surface area contributed by atoms with Gasteiger partial charge in [0.2, 0.25) is 0 Å². The lowest BCUT2D eigenvalue weighted by Gasteiger charge is -2.23. The number of fused-ring (bicyclic) bond motifs is 3. The first-order chi connectivity index (χ1) is 18.1. The van der Waals surface area contributed by atoms with Crippen molar-refractivity contribution in [3.63, 3.8) is 0 Å². The normalized spacial score (nSPS) is 11.5. The third-order valence-corrected chi connectivity index (χ3v) is 6.47. The minimum absolute atomic E-state index is 0. The second-order valence-electron chi connectivity index (χ2n) is 8.73.